The van der Waals surface area contributed by atoms with Gasteiger partial charge in [-0.3, -0.25) is 4.57 Å². The van der Waals surface area contributed by atoms with Crippen molar-refractivity contribution in [3.63, 3.8) is 0 Å². The molecule has 0 radical (unpaired) electrons. The van der Waals surface area contributed by atoms with Crippen molar-refractivity contribution >= 4 is 21.8 Å². The molecule has 0 aliphatic heterocycles. The number of rotatable bonds is 6. The first-order valence-electron chi connectivity index (χ1n) is 17.8. The van der Waals surface area contributed by atoms with Gasteiger partial charge in [0.25, 0.3) is 6.33 Å². The largest absolute Gasteiger partial charge is 0.510 e. The zero-order chi connectivity index (χ0) is 36.2. The van der Waals surface area contributed by atoms with E-state index in [9.17, 15) is 0 Å². The van der Waals surface area contributed by atoms with Crippen molar-refractivity contribution in [2.24, 2.45) is 0 Å². The van der Waals surface area contributed by atoms with E-state index in [-0.39, 0.29) is 31.9 Å². The van der Waals surface area contributed by atoms with Crippen molar-refractivity contribution in [1.82, 2.24) is 14.1 Å². The summed E-state index contributed by atoms with van der Waals surface area (Å²) in [7, 11) is 0. The maximum atomic E-state index is 6.65. The number of nitrogens with zero attached hydrogens (tertiary/aromatic N) is 4. The molecule has 0 spiro atoms. The van der Waals surface area contributed by atoms with E-state index in [1.54, 1.807) is 0 Å². The fourth-order valence-electron chi connectivity index (χ4n) is 6.84. The average Bonchev–Trinajstić information content (AvgIpc) is 3.75. The second-order valence-corrected chi connectivity index (χ2v) is 15.5. The van der Waals surface area contributed by atoms with Gasteiger partial charge in [-0.25, -0.2) is 4.98 Å². The van der Waals surface area contributed by atoms with Crippen LogP contribution in [0.15, 0.2) is 128 Å². The smallest absolute Gasteiger partial charge is 0.267 e. The van der Waals surface area contributed by atoms with Crippen LogP contribution in [0.3, 0.4) is 0 Å². The van der Waals surface area contributed by atoms with Gasteiger partial charge in [0.2, 0.25) is 0 Å². The van der Waals surface area contributed by atoms with Crippen molar-refractivity contribution in [2.45, 2.75) is 59.3 Å². The van der Waals surface area contributed by atoms with Crippen molar-refractivity contribution in [1.29, 1.82) is 0 Å². The molecular formula is C47H42N4OPt-2. The molecule has 8 aromatic rings. The molecule has 6 heteroatoms. The van der Waals surface area contributed by atoms with Gasteiger partial charge >= 0.3 is 0 Å². The van der Waals surface area contributed by atoms with E-state index in [1.807, 2.05) is 39.9 Å². The van der Waals surface area contributed by atoms with E-state index >= 15 is 0 Å². The summed E-state index contributed by atoms with van der Waals surface area (Å²) >= 11 is 0. The van der Waals surface area contributed by atoms with Gasteiger partial charge in [0.05, 0.1) is 5.69 Å². The second-order valence-electron chi connectivity index (χ2n) is 15.5. The second kappa shape index (κ2) is 13.9. The molecule has 5 nitrogen and oxygen atoms in total. The van der Waals surface area contributed by atoms with Gasteiger partial charge in [-0.1, -0.05) is 108 Å². The molecule has 0 N–H and O–H groups in total. The van der Waals surface area contributed by atoms with Crippen LogP contribution in [0.2, 0.25) is 0 Å². The molecule has 53 heavy (non-hydrogen) atoms. The number of benzene rings is 5. The van der Waals surface area contributed by atoms with Crippen LogP contribution in [0.25, 0.3) is 50.1 Å². The molecule has 0 atom stereocenters. The van der Waals surface area contributed by atoms with E-state index < -0.39 is 0 Å². The third-order valence-corrected chi connectivity index (χ3v) is 9.80. The standard InChI is InChI=1S/C47H42N4O.Pt/c1-32-39(33-14-9-8-10-15-33)17-13-19-42(32)50-25-24-49(31-50)36-26-35(47(5,6)7)27-38(29-36)52-37-20-21-41-40-16-11-12-18-43(40)51(44(41)30-37)45-28-34(22-23-48-45)46(2,3)4;/h8-28H,1-7H3;/q-2;. The number of hydrogen-bond donors (Lipinski definition) is 0. The molecule has 0 fully saturated rings. The minimum atomic E-state index is -0.129. The molecule has 0 amide bonds. The van der Waals surface area contributed by atoms with Crippen LogP contribution in [0.4, 0.5) is 0 Å². The van der Waals surface area contributed by atoms with Gasteiger partial charge in [-0.15, -0.1) is 29.7 Å². The van der Waals surface area contributed by atoms with Crippen LogP contribution in [0, 0.1) is 25.4 Å². The maximum absolute atomic E-state index is 6.65. The molecule has 0 bridgehead atoms. The van der Waals surface area contributed by atoms with Crippen LogP contribution in [-0.4, -0.2) is 14.1 Å². The summed E-state index contributed by atoms with van der Waals surface area (Å²) in [4.78, 5) is 4.83. The number of aromatic nitrogens is 4. The Morgan fingerprint density at radius 1 is 0.698 bits per heavy atom. The Balaban J connectivity index is 0.00000435. The Morgan fingerprint density at radius 3 is 2.23 bits per heavy atom. The number of hydrogen-bond acceptors (Lipinski definition) is 2. The minimum absolute atomic E-state index is 0. The van der Waals surface area contributed by atoms with E-state index in [4.69, 9.17) is 9.72 Å². The van der Waals surface area contributed by atoms with Gasteiger partial charge < -0.3 is 13.9 Å². The quantitative estimate of drug-likeness (QED) is 0.123. The van der Waals surface area contributed by atoms with Crippen molar-refractivity contribution in [2.75, 3.05) is 0 Å². The Hall–Kier alpha value is -5.25. The summed E-state index contributed by atoms with van der Waals surface area (Å²) in [6, 6.07) is 45.1. The van der Waals surface area contributed by atoms with Crippen LogP contribution in [0.1, 0.15) is 58.2 Å². The molecule has 268 valence electrons. The Kier molecular flexibility index (Phi) is 9.51. The van der Waals surface area contributed by atoms with Gasteiger partial charge in [0, 0.05) is 56.7 Å². The van der Waals surface area contributed by atoms with Gasteiger partial charge in [0.1, 0.15) is 5.82 Å². The van der Waals surface area contributed by atoms with Crippen molar-refractivity contribution in [3.05, 3.63) is 163 Å². The molecule has 0 aliphatic rings. The van der Waals surface area contributed by atoms with E-state index in [0.717, 1.165) is 44.6 Å². The van der Waals surface area contributed by atoms with Crippen LogP contribution < -0.4 is 9.30 Å². The van der Waals surface area contributed by atoms with E-state index in [1.165, 1.54) is 22.3 Å². The summed E-state index contributed by atoms with van der Waals surface area (Å²) in [5.74, 6) is 2.08. The molecule has 0 saturated heterocycles. The summed E-state index contributed by atoms with van der Waals surface area (Å²) in [5.41, 5.74) is 9.70. The third-order valence-electron chi connectivity index (χ3n) is 9.80. The Bertz CT molecular complexity index is 2590. The van der Waals surface area contributed by atoms with Crippen molar-refractivity contribution in [3.8, 4) is 39.8 Å². The average molecular weight is 874 g/mol. The van der Waals surface area contributed by atoms with Crippen molar-refractivity contribution < 1.29 is 30.4 Å². The fraction of sp³-hybridized carbons (Fsp3) is 0.191. The Labute approximate surface area is 326 Å². The Morgan fingerprint density at radius 2 is 1.45 bits per heavy atom. The molecule has 3 aromatic heterocycles. The topological polar surface area (TPSA) is 35.9 Å². The first-order valence-corrected chi connectivity index (χ1v) is 17.8. The van der Waals surface area contributed by atoms with Gasteiger partial charge in [-0.2, -0.15) is 17.7 Å². The molecule has 5 aromatic carbocycles. The predicted octanol–water partition coefficient (Wildman–Crippen LogP) is 11.0. The van der Waals surface area contributed by atoms with Crippen LogP contribution >= 0.6 is 0 Å². The number of imidazole rings is 1. The van der Waals surface area contributed by atoms with Gasteiger partial charge in [0.15, 0.2) is 0 Å². The molecule has 3 heterocycles. The predicted molar refractivity (Wildman–Crippen MR) is 210 cm³/mol. The summed E-state index contributed by atoms with van der Waals surface area (Å²) in [5, 5.41) is 2.24. The van der Waals surface area contributed by atoms with Crippen LogP contribution in [-0.2, 0) is 31.9 Å². The third kappa shape index (κ3) is 6.99. The number of pyridine rings is 1. The number of fused-ring (bicyclic) bond motifs is 3. The number of ether oxygens (including phenoxy) is 1. The fourth-order valence-corrected chi connectivity index (χ4v) is 6.84. The molecular weight excluding hydrogens is 832 g/mol. The van der Waals surface area contributed by atoms with Gasteiger partial charge in [-0.05, 0) is 75.3 Å². The minimum Gasteiger partial charge on any atom is -0.510 e. The number of para-hydroxylation sites is 1. The van der Waals surface area contributed by atoms with E-state index in [2.05, 4.69) is 169 Å². The zero-order valence-electron chi connectivity index (χ0n) is 31.1. The molecule has 0 saturated carbocycles. The first kappa shape index (κ1) is 36.1. The molecule has 0 unspecified atom stereocenters. The molecule has 0 aliphatic carbocycles. The van der Waals surface area contributed by atoms with Crippen LogP contribution in [0.5, 0.6) is 11.5 Å². The first-order chi connectivity index (χ1) is 24.9. The maximum Gasteiger partial charge on any atom is 0.267 e. The summed E-state index contributed by atoms with van der Waals surface area (Å²) in [6.07, 6.45) is 9.50. The monoisotopic (exact) mass is 873 g/mol. The summed E-state index contributed by atoms with van der Waals surface area (Å²) in [6.45, 7) is 15.5. The summed E-state index contributed by atoms with van der Waals surface area (Å²) < 4.78 is 12.9. The normalized spacial score (nSPS) is 11.9. The SMILES string of the molecule is Cc1c(-c2ccccc2)cccc1-[n+]1[c-]n(-c2[c-]c(Oc3[c-]c4c(cc3)c3ccccc3n4-c3cc(C(C)(C)C)ccn3)cc(C(C)(C)C)c2)cc1.[Pt]. The molecule has 8 rings (SSSR count). The van der Waals surface area contributed by atoms with E-state index in [0.29, 0.717) is 11.5 Å². The zero-order valence-corrected chi connectivity index (χ0v) is 33.4.